The number of hydrogen-bond donors (Lipinski definition) is 2. The minimum Gasteiger partial charge on any atom is -0.369 e. The number of guanidine groups is 1. The SMILES string of the molecule is CCNC(=NCc1ccc(CN2CCCC2=O)cc1)NC1CCN(c2ccccc2)C1. The van der Waals surface area contributed by atoms with Crippen LogP contribution in [0, 0.1) is 0 Å². The standard InChI is InChI=1S/C25H33N5O/c1-2-26-25(28-22-14-16-29(19-22)23-7-4-3-5-8-23)27-17-20-10-12-21(13-11-20)18-30-15-6-9-24(30)31/h3-5,7-8,10-13,22H,2,6,9,14-19H2,1H3,(H2,26,27,28). The van der Waals surface area contributed by atoms with E-state index in [0.717, 1.165) is 45.0 Å². The van der Waals surface area contributed by atoms with E-state index in [1.54, 1.807) is 0 Å². The quantitative estimate of drug-likeness (QED) is 0.535. The first-order chi connectivity index (χ1) is 15.2. The van der Waals surface area contributed by atoms with E-state index in [-0.39, 0.29) is 5.91 Å². The fraction of sp³-hybridized carbons (Fsp3) is 0.440. The molecule has 1 amide bonds. The van der Waals surface area contributed by atoms with Gasteiger partial charge in [0.1, 0.15) is 0 Å². The van der Waals surface area contributed by atoms with Crippen LogP contribution in [-0.4, -0.2) is 49.0 Å². The van der Waals surface area contributed by atoms with E-state index < -0.39 is 0 Å². The number of hydrogen-bond acceptors (Lipinski definition) is 3. The Hall–Kier alpha value is -3.02. The molecule has 0 aliphatic carbocycles. The second-order valence-electron chi connectivity index (χ2n) is 8.34. The van der Waals surface area contributed by atoms with Gasteiger partial charge < -0.3 is 20.4 Å². The highest BCUT2D eigenvalue weighted by Gasteiger charge is 2.23. The van der Waals surface area contributed by atoms with Crippen LogP contribution in [0.3, 0.4) is 0 Å². The van der Waals surface area contributed by atoms with Crippen molar-refractivity contribution in [3.63, 3.8) is 0 Å². The fourth-order valence-corrected chi connectivity index (χ4v) is 4.28. The summed E-state index contributed by atoms with van der Waals surface area (Å²) in [5.41, 5.74) is 3.63. The zero-order valence-corrected chi connectivity index (χ0v) is 18.4. The Kier molecular flexibility index (Phi) is 7.07. The summed E-state index contributed by atoms with van der Waals surface area (Å²) in [6.07, 6.45) is 2.77. The Labute approximate surface area is 185 Å². The van der Waals surface area contributed by atoms with Gasteiger partial charge in [-0.25, -0.2) is 4.99 Å². The number of likely N-dealkylation sites (tertiary alicyclic amines) is 1. The predicted octanol–water partition coefficient (Wildman–Crippen LogP) is 3.14. The minimum absolute atomic E-state index is 0.271. The van der Waals surface area contributed by atoms with E-state index in [1.165, 1.54) is 16.8 Å². The van der Waals surface area contributed by atoms with E-state index >= 15 is 0 Å². The van der Waals surface area contributed by atoms with Gasteiger partial charge >= 0.3 is 0 Å². The van der Waals surface area contributed by atoms with Crippen LogP contribution in [0.4, 0.5) is 5.69 Å². The number of aliphatic imine (C=N–C) groups is 1. The number of benzene rings is 2. The van der Waals surface area contributed by atoms with Crippen molar-refractivity contribution in [2.24, 2.45) is 4.99 Å². The first kappa shape index (κ1) is 21.2. The average Bonchev–Trinajstić information content (AvgIpc) is 3.43. The fourth-order valence-electron chi connectivity index (χ4n) is 4.28. The number of nitrogens with one attached hydrogen (secondary N) is 2. The molecule has 4 rings (SSSR count). The molecule has 6 heteroatoms. The van der Waals surface area contributed by atoms with Crippen molar-refractivity contribution in [3.8, 4) is 0 Å². The number of anilines is 1. The average molecular weight is 420 g/mol. The van der Waals surface area contributed by atoms with Gasteiger partial charge in [0.2, 0.25) is 5.91 Å². The smallest absolute Gasteiger partial charge is 0.222 e. The Morgan fingerprint density at radius 1 is 1.06 bits per heavy atom. The molecule has 2 fully saturated rings. The lowest BCUT2D eigenvalue weighted by Crippen LogP contribution is -2.44. The first-order valence-electron chi connectivity index (χ1n) is 11.4. The molecule has 2 aliphatic rings. The van der Waals surface area contributed by atoms with Crippen LogP contribution in [0.2, 0.25) is 0 Å². The maximum absolute atomic E-state index is 11.8. The lowest BCUT2D eigenvalue weighted by Gasteiger charge is -2.20. The number of amides is 1. The molecule has 0 spiro atoms. The van der Waals surface area contributed by atoms with Gasteiger partial charge in [0, 0.05) is 50.9 Å². The van der Waals surface area contributed by atoms with Gasteiger partial charge in [0.15, 0.2) is 5.96 Å². The molecule has 2 aromatic carbocycles. The summed E-state index contributed by atoms with van der Waals surface area (Å²) >= 11 is 0. The predicted molar refractivity (Wildman–Crippen MR) is 126 cm³/mol. The molecule has 2 heterocycles. The van der Waals surface area contributed by atoms with Crippen molar-refractivity contribution >= 4 is 17.6 Å². The van der Waals surface area contributed by atoms with Crippen LogP contribution in [0.15, 0.2) is 59.6 Å². The van der Waals surface area contributed by atoms with Crippen LogP contribution in [0.25, 0.3) is 0 Å². The van der Waals surface area contributed by atoms with E-state index in [1.807, 2.05) is 4.90 Å². The number of carbonyl (C=O) groups is 1. The summed E-state index contributed by atoms with van der Waals surface area (Å²) in [4.78, 5) is 21.0. The molecule has 0 aromatic heterocycles. The third-order valence-corrected chi connectivity index (χ3v) is 5.98. The van der Waals surface area contributed by atoms with Crippen molar-refractivity contribution in [2.75, 3.05) is 31.1 Å². The van der Waals surface area contributed by atoms with Crippen LogP contribution in [-0.2, 0) is 17.9 Å². The third-order valence-electron chi connectivity index (χ3n) is 5.98. The topological polar surface area (TPSA) is 60.0 Å². The summed E-state index contributed by atoms with van der Waals surface area (Å²) in [5, 5.41) is 6.98. The molecule has 2 saturated heterocycles. The van der Waals surface area contributed by atoms with Gasteiger partial charge in [0.05, 0.1) is 6.54 Å². The highest BCUT2D eigenvalue weighted by Crippen LogP contribution is 2.19. The monoisotopic (exact) mass is 419 g/mol. The van der Waals surface area contributed by atoms with E-state index in [0.29, 0.717) is 25.6 Å². The molecule has 2 aromatic rings. The van der Waals surface area contributed by atoms with Gasteiger partial charge in [-0.15, -0.1) is 0 Å². The third kappa shape index (κ3) is 5.78. The molecule has 31 heavy (non-hydrogen) atoms. The minimum atomic E-state index is 0.271. The second-order valence-corrected chi connectivity index (χ2v) is 8.34. The second kappa shape index (κ2) is 10.3. The largest absolute Gasteiger partial charge is 0.369 e. The molecule has 0 radical (unpaired) electrons. The number of nitrogens with zero attached hydrogens (tertiary/aromatic N) is 3. The van der Waals surface area contributed by atoms with E-state index in [9.17, 15) is 4.79 Å². The van der Waals surface area contributed by atoms with Gasteiger partial charge in [-0.2, -0.15) is 0 Å². The molecule has 2 aliphatic heterocycles. The summed E-state index contributed by atoms with van der Waals surface area (Å²) in [6.45, 7) is 7.20. The lowest BCUT2D eigenvalue weighted by molar-refractivity contribution is -0.128. The Bertz CT molecular complexity index is 881. The van der Waals surface area contributed by atoms with Gasteiger partial charge in [-0.1, -0.05) is 42.5 Å². The van der Waals surface area contributed by atoms with Crippen LogP contribution in [0.5, 0.6) is 0 Å². The molecule has 1 atom stereocenters. The van der Waals surface area contributed by atoms with Gasteiger partial charge in [-0.3, -0.25) is 4.79 Å². The van der Waals surface area contributed by atoms with Gasteiger partial charge in [0.25, 0.3) is 0 Å². The molecule has 1 unspecified atom stereocenters. The summed E-state index contributed by atoms with van der Waals surface area (Å²) < 4.78 is 0. The van der Waals surface area contributed by atoms with Crippen molar-refractivity contribution < 1.29 is 4.79 Å². The molecule has 2 N–H and O–H groups in total. The van der Waals surface area contributed by atoms with Gasteiger partial charge in [-0.05, 0) is 43.0 Å². The van der Waals surface area contributed by atoms with Crippen LogP contribution < -0.4 is 15.5 Å². The van der Waals surface area contributed by atoms with E-state index in [4.69, 9.17) is 4.99 Å². The lowest BCUT2D eigenvalue weighted by atomic mass is 10.1. The van der Waals surface area contributed by atoms with Crippen LogP contribution in [0.1, 0.15) is 37.3 Å². The zero-order chi connectivity index (χ0) is 21.5. The summed E-state index contributed by atoms with van der Waals surface area (Å²) in [6, 6.07) is 19.5. The maximum atomic E-state index is 11.8. The number of carbonyl (C=O) groups excluding carboxylic acids is 1. The van der Waals surface area contributed by atoms with Crippen LogP contribution >= 0.6 is 0 Å². The molecular formula is C25H33N5O. The van der Waals surface area contributed by atoms with Crippen molar-refractivity contribution in [3.05, 3.63) is 65.7 Å². The molecule has 6 nitrogen and oxygen atoms in total. The Morgan fingerprint density at radius 3 is 2.55 bits per heavy atom. The van der Waals surface area contributed by atoms with Crippen molar-refractivity contribution in [1.82, 2.24) is 15.5 Å². The molecule has 0 saturated carbocycles. The van der Waals surface area contributed by atoms with E-state index in [2.05, 4.69) is 77.1 Å². The normalized spacial score (nSPS) is 19.2. The number of rotatable bonds is 7. The molecule has 0 bridgehead atoms. The highest BCUT2D eigenvalue weighted by molar-refractivity contribution is 5.80. The highest BCUT2D eigenvalue weighted by atomic mass is 16.2. The van der Waals surface area contributed by atoms with Crippen molar-refractivity contribution in [2.45, 2.75) is 45.3 Å². The molecule has 164 valence electrons. The van der Waals surface area contributed by atoms with Crippen molar-refractivity contribution in [1.29, 1.82) is 0 Å². The first-order valence-corrected chi connectivity index (χ1v) is 11.4. The summed E-state index contributed by atoms with van der Waals surface area (Å²) in [7, 11) is 0. The Balaban J connectivity index is 1.31. The Morgan fingerprint density at radius 2 is 1.84 bits per heavy atom. The molecular weight excluding hydrogens is 386 g/mol. The zero-order valence-electron chi connectivity index (χ0n) is 18.4. The maximum Gasteiger partial charge on any atom is 0.222 e. The summed E-state index contributed by atoms with van der Waals surface area (Å²) in [5.74, 6) is 1.14. The number of para-hydroxylation sites is 1.